The van der Waals surface area contributed by atoms with E-state index in [0.717, 1.165) is 24.0 Å². The number of hydrogen-bond donors (Lipinski definition) is 0. The highest BCUT2D eigenvalue weighted by Gasteiger charge is 2.08. The summed E-state index contributed by atoms with van der Waals surface area (Å²) < 4.78 is 23.4. The summed E-state index contributed by atoms with van der Waals surface area (Å²) in [6.07, 6.45) is 1.07. The van der Waals surface area contributed by atoms with E-state index in [9.17, 15) is 9.18 Å². The number of halogens is 1. The number of rotatable bonds is 4. The minimum absolute atomic E-state index is 0.248. The van der Waals surface area contributed by atoms with Crippen LogP contribution in [0, 0.1) is 5.82 Å². The number of carbonyl (C=O) groups excluding carboxylic acids is 1. The molecule has 0 aliphatic rings. The first-order chi connectivity index (χ1) is 10.1. The van der Waals surface area contributed by atoms with E-state index in [4.69, 9.17) is 4.74 Å². The summed E-state index contributed by atoms with van der Waals surface area (Å²) in [7, 11) is 1.24. The second-order valence-electron chi connectivity index (χ2n) is 4.64. The molecule has 4 heteroatoms. The smallest absolute Gasteiger partial charge is 0.437 e. The Labute approximate surface area is 123 Å². The van der Waals surface area contributed by atoms with Gasteiger partial charge in [0.05, 0.1) is 7.11 Å². The van der Waals surface area contributed by atoms with Crippen molar-refractivity contribution in [1.82, 2.24) is 0 Å². The predicted molar refractivity (Wildman–Crippen MR) is 78.9 cm³/mol. The highest BCUT2D eigenvalue weighted by atomic mass is 19.1. The Kier molecular flexibility index (Phi) is 4.93. The number of hydrogen-bond acceptors (Lipinski definition) is 3. The molecule has 0 N–H and O–H groups in total. The quantitative estimate of drug-likeness (QED) is 0.609. The van der Waals surface area contributed by atoms with Crippen molar-refractivity contribution in [3.8, 4) is 16.9 Å². The molecular weight excluding hydrogens is 271 g/mol. The molecule has 0 radical (unpaired) electrons. The fourth-order valence-electron chi connectivity index (χ4n) is 2.08. The van der Waals surface area contributed by atoms with Crippen molar-refractivity contribution in [2.24, 2.45) is 0 Å². The van der Waals surface area contributed by atoms with Gasteiger partial charge in [-0.1, -0.05) is 37.6 Å². The maximum absolute atomic E-state index is 14.1. The summed E-state index contributed by atoms with van der Waals surface area (Å²) >= 11 is 0. The van der Waals surface area contributed by atoms with E-state index in [1.54, 1.807) is 36.4 Å². The lowest BCUT2D eigenvalue weighted by Gasteiger charge is -2.07. The molecule has 0 amide bonds. The zero-order valence-electron chi connectivity index (χ0n) is 12.1. The second-order valence-corrected chi connectivity index (χ2v) is 4.64. The molecule has 2 aromatic carbocycles. The molecule has 0 unspecified atom stereocenters. The Morgan fingerprint density at radius 2 is 1.86 bits per heavy atom. The van der Waals surface area contributed by atoms with Gasteiger partial charge in [-0.3, -0.25) is 0 Å². The number of benzene rings is 2. The van der Waals surface area contributed by atoms with Crippen molar-refractivity contribution in [3.63, 3.8) is 0 Å². The molecule has 2 rings (SSSR count). The Balaban J connectivity index is 2.20. The first-order valence-corrected chi connectivity index (χ1v) is 6.78. The zero-order chi connectivity index (χ0) is 15.2. The molecule has 2 aromatic rings. The van der Waals surface area contributed by atoms with Gasteiger partial charge in [0.15, 0.2) is 0 Å². The molecule has 0 fully saturated rings. The van der Waals surface area contributed by atoms with Crippen LogP contribution in [-0.4, -0.2) is 13.3 Å². The van der Waals surface area contributed by atoms with Crippen molar-refractivity contribution < 1.29 is 18.7 Å². The van der Waals surface area contributed by atoms with E-state index in [0.29, 0.717) is 11.3 Å². The van der Waals surface area contributed by atoms with Crippen LogP contribution in [0.3, 0.4) is 0 Å². The number of carbonyl (C=O) groups is 1. The van der Waals surface area contributed by atoms with Gasteiger partial charge in [-0.2, -0.15) is 0 Å². The maximum Gasteiger partial charge on any atom is 0.513 e. The molecule has 3 nitrogen and oxygen atoms in total. The normalized spacial score (nSPS) is 10.2. The van der Waals surface area contributed by atoms with Gasteiger partial charge in [0, 0.05) is 5.56 Å². The zero-order valence-corrected chi connectivity index (χ0v) is 12.1. The van der Waals surface area contributed by atoms with Crippen molar-refractivity contribution in [2.75, 3.05) is 7.11 Å². The maximum atomic E-state index is 14.1. The van der Waals surface area contributed by atoms with Crippen LogP contribution in [0.5, 0.6) is 5.75 Å². The third kappa shape index (κ3) is 3.81. The van der Waals surface area contributed by atoms with Gasteiger partial charge in [-0.25, -0.2) is 9.18 Å². The van der Waals surface area contributed by atoms with Crippen molar-refractivity contribution >= 4 is 6.16 Å². The average Bonchev–Trinajstić information content (AvgIpc) is 2.49. The lowest BCUT2D eigenvalue weighted by molar-refractivity contribution is 0.121. The topological polar surface area (TPSA) is 35.5 Å². The van der Waals surface area contributed by atoms with Gasteiger partial charge in [0.1, 0.15) is 11.6 Å². The van der Waals surface area contributed by atoms with Crippen LogP contribution in [0.2, 0.25) is 0 Å². The summed E-state index contributed by atoms with van der Waals surface area (Å²) in [5.74, 6) is 0.108. The van der Waals surface area contributed by atoms with Crippen LogP contribution < -0.4 is 4.74 Å². The Morgan fingerprint density at radius 1 is 1.14 bits per heavy atom. The van der Waals surface area contributed by atoms with Crippen LogP contribution >= 0.6 is 0 Å². The minimum atomic E-state index is -0.780. The van der Waals surface area contributed by atoms with Crippen molar-refractivity contribution in [3.05, 3.63) is 53.8 Å². The molecule has 0 atom stereocenters. The van der Waals surface area contributed by atoms with Crippen LogP contribution in [0.25, 0.3) is 11.1 Å². The fraction of sp³-hybridized carbons (Fsp3) is 0.235. The molecule has 0 aliphatic carbocycles. The SMILES string of the molecule is CCCc1ccc(-c2ccc(OC(=O)OC)cc2)c(F)c1. The monoisotopic (exact) mass is 288 g/mol. The highest BCUT2D eigenvalue weighted by Crippen LogP contribution is 2.26. The molecular formula is C17H17FO3. The van der Waals surface area contributed by atoms with Crippen molar-refractivity contribution in [1.29, 1.82) is 0 Å². The van der Waals surface area contributed by atoms with E-state index in [1.165, 1.54) is 7.11 Å². The Morgan fingerprint density at radius 3 is 2.43 bits per heavy atom. The Bertz CT molecular complexity index is 620. The van der Waals surface area contributed by atoms with Gasteiger partial charge in [0.25, 0.3) is 0 Å². The number of methoxy groups -OCH3 is 1. The molecule has 0 saturated carbocycles. The first kappa shape index (κ1) is 15.0. The van der Waals surface area contributed by atoms with E-state index >= 15 is 0 Å². The summed E-state index contributed by atoms with van der Waals surface area (Å²) in [6, 6.07) is 11.9. The average molecular weight is 288 g/mol. The molecule has 21 heavy (non-hydrogen) atoms. The molecule has 0 saturated heterocycles. The minimum Gasteiger partial charge on any atom is -0.437 e. The lowest BCUT2D eigenvalue weighted by Crippen LogP contribution is -2.06. The fourth-order valence-corrected chi connectivity index (χ4v) is 2.08. The van der Waals surface area contributed by atoms with Gasteiger partial charge in [-0.05, 0) is 35.7 Å². The lowest BCUT2D eigenvalue weighted by atomic mass is 10.0. The number of aryl methyl sites for hydroxylation is 1. The van der Waals surface area contributed by atoms with Crippen LogP contribution in [0.4, 0.5) is 9.18 Å². The third-order valence-electron chi connectivity index (χ3n) is 3.11. The molecule has 0 bridgehead atoms. The largest absolute Gasteiger partial charge is 0.513 e. The first-order valence-electron chi connectivity index (χ1n) is 6.78. The third-order valence-corrected chi connectivity index (χ3v) is 3.11. The van der Waals surface area contributed by atoms with E-state index in [-0.39, 0.29) is 5.82 Å². The summed E-state index contributed by atoms with van der Waals surface area (Å²) in [6.45, 7) is 2.06. The van der Waals surface area contributed by atoms with Gasteiger partial charge in [-0.15, -0.1) is 0 Å². The summed E-state index contributed by atoms with van der Waals surface area (Å²) in [5, 5.41) is 0. The van der Waals surface area contributed by atoms with E-state index < -0.39 is 6.16 Å². The van der Waals surface area contributed by atoms with Crippen LogP contribution in [-0.2, 0) is 11.2 Å². The predicted octanol–water partition coefficient (Wildman–Crippen LogP) is 4.59. The Hall–Kier alpha value is -2.36. The summed E-state index contributed by atoms with van der Waals surface area (Å²) in [5.41, 5.74) is 2.25. The van der Waals surface area contributed by atoms with Crippen LogP contribution in [0.1, 0.15) is 18.9 Å². The van der Waals surface area contributed by atoms with E-state index in [1.807, 2.05) is 6.07 Å². The second kappa shape index (κ2) is 6.88. The molecule has 0 aromatic heterocycles. The molecule has 0 heterocycles. The van der Waals surface area contributed by atoms with Gasteiger partial charge in [0.2, 0.25) is 0 Å². The van der Waals surface area contributed by atoms with Crippen molar-refractivity contribution in [2.45, 2.75) is 19.8 Å². The molecule has 0 aliphatic heterocycles. The number of ether oxygens (including phenoxy) is 2. The summed E-state index contributed by atoms with van der Waals surface area (Å²) in [4.78, 5) is 11.0. The standard InChI is InChI=1S/C17H17FO3/c1-3-4-12-5-10-15(16(18)11-12)13-6-8-14(9-7-13)21-17(19)20-2/h5-11H,3-4H2,1-2H3. The molecule has 110 valence electrons. The van der Waals surface area contributed by atoms with Gasteiger partial charge < -0.3 is 9.47 Å². The van der Waals surface area contributed by atoms with Crippen LogP contribution in [0.15, 0.2) is 42.5 Å². The molecule has 0 spiro atoms. The van der Waals surface area contributed by atoms with E-state index in [2.05, 4.69) is 11.7 Å². The highest BCUT2D eigenvalue weighted by molar-refractivity contribution is 5.67. The van der Waals surface area contributed by atoms with Gasteiger partial charge >= 0.3 is 6.16 Å².